The molecule has 0 aliphatic carbocycles. The number of hydrogen-bond acceptors (Lipinski definition) is 4. The largest absolute Gasteiger partial charge is 0.490 e. The normalized spacial score (nSPS) is 14.8. The van der Waals surface area contributed by atoms with Gasteiger partial charge in [0.1, 0.15) is 6.61 Å². The van der Waals surface area contributed by atoms with Crippen LogP contribution in [0.1, 0.15) is 36.5 Å². The van der Waals surface area contributed by atoms with Gasteiger partial charge in [0.05, 0.1) is 11.6 Å². The van der Waals surface area contributed by atoms with Crippen LogP contribution >= 0.6 is 23.2 Å². The van der Waals surface area contributed by atoms with Crippen molar-refractivity contribution < 1.29 is 9.47 Å². The summed E-state index contributed by atoms with van der Waals surface area (Å²) >= 11 is 12.9. The smallest absolute Gasteiger partial charge is 0.180 e. The molecule has 0 spiro atoms. The van der Waals surface area contributed by atoms with E-state index in [2.05, 4.69) is 40.5 Å². The van der Waals surface area contributed by atoms with Crippen LogP contribution in [-0.4, -0.2) is 30.6 Å². The summed E-state index contributed by atoms with van der Waals surface area (Å²) in [5, 5.41) is 4.93. The van der Waals surface area contributed by atoms with E-state index in [1.54, 1.807) is 0 Å². The predicted molar refractivity (Wildman–Crippen MR) is 140 cm³/mol. The minimum atomic E-state index is 0.332. The molecule has 0 bridgehead atoms. The summed E-state index contributed by atoms with van der Waals surface area (Å²) in [6.07, 6.45) is 2.27. The zero-order chi connectivity index (χ0) is 23.8. The molecule has 4 nitrogen and oxygen atoms in total. The Morgan fingerprint density at radius 2 is 1.62 bits per heavy atom. The van der Waals surface area contributed by atoms with Gasteiger partial charge in [-0.2, -0.15) is 0 Å². The monoisotopic (exact) mass is 498 g/mol. The fourth-order valence-corrected chi connectivity index (χ4v) is 4.77. The van der Waals surface area contributed by atoms with Gasteiger partial charge >= 0.3 is 0 Å². The van der Waals surface area contributed by atoms with Crippen molar-refractivity contribution in [3.63, 3.8) is 0 Å². The molecule has 0 saturated carbocycles. The van der Waals surface area contributed by atoms with Crippen molar-refractivity contribution in [2.24, 2.45) is 0 Å². The van der Waals surface area contributed by atoms with Crippen LogP contribution in [-0.2, 0) is 19.7 Å². The molecular formula is C28H32Cl2N2O2. The molecule has 1 aliphatic rings. The van der Waals surface area contributed by atoms with Gasteiger partial charge in [-0.1, -0.05) is 71.7 Å². The van der Waals surface area contributed by atoms with Crippen molar-refractivity contribution >= 4 is 23.2 Å². The number of rotatable bonds is 10. The summed E-state index contributed by atoms with van der Waals surface area (Å²) in [6.45, 7) is 6.80. The SMILES string of the molecule is CCOc1cc(CNC2CCN(Cc3ccccc3)CC2)cc(Cl)c1OCc1ccccc1Cl. The summed E-state index contributed by atoms with van der Waals surface area (Å²) in [4.78, 5) is 2.53. The van der Waals surface area contributed by atoms with Crippen LogP contribution in [0.15, 0.2) is 66.7 Å². The van der Waals surface area contributed by atoms with Crippen LogP contribution in [0.3, 0.4) is 0 Å². The fourth-order valence-electron chi connectivity index (χ4n) is 4.29. The molecule has 34 heavy (non-hydrogen) atoms. The van der Waals surface area contributed by atoms with E-state index in [-0.39, 0.29) is 0 Å². The molecule has 1 N–H and O–H groups in total. The Morgan fingerprint density at radius 1 is 0.882 bits per heavy atom. The molecule has 1 aliphatic heterocycles. The average Bonchev–Trinajstić information content (AvgIpc) is 2.85. The first-order valence-corrected chi connectivity index (χ1v) is 12.7. The zero-order valence-corrected chi connectivity index (χ0v) is 21.1. The number of piperidine rings is 1. The van der Waals surface area contributed by atoms with Gasteiger partial charge in [0.2, 0.25) is 0 Å². The quantitative estimate of drug-likeness (QED) is 0.336. The lowest BCUT2D eigenvalue weighted by atomic mass is 10.0. The molecular weight excluding hydrogens is 467 g/mol. The topological polar surface area (TPSA) is 33.7 Å². The first-order chi connectivity index (χ1) is 16.6. The van der Waals surface area contributed by atoms with Gasteiger partial charge in [-0.15, -0.1) is 0 Å². The highest BCUT2D eigenvalue weighted by molar-refractivity contribution is 6.32. The lowest BCUT2D eigenvalue weighted by Gasteiger charge is -2.32. The third-order valence-electron chi connectivity index (χ3n) is 6.13. The minimum absolute atomic E-state index is 0.332. The molecule has 180 valence electrons. The highest BCUT2D eigenvalue weighted by Gasteiger charge is 2.20. The Hall–Kier alpha value is -2.24. The number of hydrogen-bond donors (Lipinski definition) is 1. The molecule has 0 amide bonds. The number of benzene rings is 3. The molecule has 0 atom stereocenters. The maximum absolute atomic E-state index is 6.62. The van der Waals surface area contributed by atoms with Gasteiger partial charge in [-0.3, -0.25) is 4.90 Å². The third kappa shape index (κ3) is 6.89. The second-order valence-electron chi connectivity index (χ2n) is 8.63. The maximum Gasteiger partial charge on any atom is 0.180 e. The van der Waals surface area contributed by atoms with E-state index >= 15 is 0 Å². The molecule has 1 heterocycles. The van der Waals surface area contributed by atoms with Crippen molar-refractivity contribution in [3.05, 3.63) is 93.5 Å². The molecule has 6 heteroatoms. The van der Waals surface area contributed by atoms with Gasteiger partial charge < -0.3 is 14.8 Å². The molecule has 0 aromatic heterocycles. The average molecular weight is 499 g/mol. The molecule has 4 rings (SSSR count). The number of ether oxygens (including phenoxy) is 2. The van der Waals surface area contributed by atoms with Crippen LogP contribution < -0.4 is 14.8 Å². The molecule has 3 aromatic rings. The lowest BCUT2D eigenvalue weighted by Crippen LogP contribution is -2.41. The van der Waals surface area contributed by atoms with Crippen molar-refractivity contribution in [1.82, 2.24) is 10.2 Å². The van der Waals surface area contributed by atoms with E-state index in [0.717, 1.165) is 50.1 Å². The lowest BCUT2D eigenvalue weighted by molar-refractivity contribution is 0.190. The second-order valence-corrected chi connectivity index (χ2v) is 9.45. The van der Waals surface area contributed by atoms with E-state index in [4.69, 9.17) is 32.7 Å². The first kappa shape index (κ1) is 24.9. The van der Waals surface area contributed by atoms with Crippen LogP contribution in [0.5, 0.6) is 11.5 Å². The van der Waals surface area contributed by atoms with Gasteiger partial charge in [-0.25, -0.2) is 0 Å². The number of halogens is 2. The Kier molecular flexibility index (Phi) is 9.11. The van der Waals surface area contributed by atoms with E-state index in [0.29, 0.717) is 40.8 Å². The van der Waals surface area contributed by atoms with Crippen LogP contribution in [0.2, 0.25) is 10.0 Å². The van der Waals surface area contributed by atoms with Gasteiger partial charge in [0, 0.05) is 29.7 Å². The molecule has 0 unspecified atom stereocenters. The molecule has 0 radical (unpaired) electrons. The minimum Gasteiger partial charge on any atom is -0.490 e. The standard InChI is InChI=1S/C28H32Cl2N2O2/c1-2-33-27-17-22(16-26(30)28(27)34-20-23-10-6-7-11-25(23)29)18-31-24-12-14-32(15-13-24)19-21-8-4-3-5-9-21/h3-11,16-17,24,31H,2,12-15,18-20H2,1H3. The van der Waals surface area contributed by atoms with E-state index in [1.807, 2.05) is 43.3 Å². The fraction of sp³-hybridized carbons (Fsp3) is 0.357. The van der Waals surface area contributed by atoms with Gasteiger partial charge in [0.25, 0.3) is 0 Å². The Balaban J connectivity index is 1.32. The predicted octanol–water partition coefficient (Wildman–Crippen LogP) is 6.73. The number of nitrogens with zero attached hydrogens (tertiary/aromatic N) is 1. The van der Waals surface area contributed by atoms with E-state index < -0.39 is 0 Å². The Labute approximate surface area is 212 Å². The summed E-state index contributed by atoms with van der Waals surface area (Å²) in [7, 11) is 0. The molecule has 3 aromatic carbocycles. The summed E-state index contributed by atoms with van der Waals surface area (Å²) < 4.78 is 11.9. The molecule has 1 fully saturated rings. The van der Waals surface area contributed by atoms with E-state index in [1.165, 1.54) is 5.56 Å². The number of nitrogens with one attached hydrogen (secondary N) is 1. The van der Waals surface area contributed by atoms with Crippen molar-refractivity contribution in [1.29, 1.82) is 0 Å². The van der Waals surface area contributed by atoms with Crippen LogP contribution in [0, 0.1) is 0 Å². The Morgan fingerprint density at radius 3 is 2.35 bits per heavy atom. The second kappa shape index (κ2) is 12.5. The van der Waals surface area contributed by atoms with Crippen LogP contribution in [0.25, 0.3) is 0 Å². The Bertz CT molecular complexity index is 1050. The van der Waals surface area contributed by atoms with Gasteiger partial charge in [-0.05, 0) is 62.2 Å². The van der Waals surface area contributed by atoms with Crippen molar-refractivity contribution in [3.8, 4) is 11.5 Å². The van der Waals surface area contributed by atoms with E-state index in [9.17, 15) is 0 Å². The zero-order valence-electron chi connectivity index (χ0n) is 19.6. The highest BCUT2D eigenvalue weighted by atomic mass is 35.5. The van der Waals surface area contributed by atoms with Gasteiger partial charge in [0.15, 0.2) is 11.5 Å². The van der Waals surface area contributed by atoms with Crippen LogP contribution in [0.4, 0.5) is 0 Å². The first-order valence-electron chi connectivity index (χ1n) is 11.9. The van der Waals surface area contributed by atoms with Crippen molar-refractivity contribution in [2.75, 3.05) is 19.7 Å². The molecule has 1 saturated heterocycles. The third-order valence-corrected chi connectivity index (χ3v) is 6.78. The maximum atomic E-state index is 6.62. The number of likely N-dealkylation sites (tertiary alicyclic amines) is 1. The van der Waals surface area contributed by atoms with Crippen molar-refractivity contribution in [2.45, 2.75) is 45.5 Å². The summed E-state index contributed by atoms with van der Waals surface area (Å²) in [5.41, 5.74) is 3.38. The summed E-state index contributed by atoms with van der Waals surface area (Å²) in [6, 6.07) is 22.8. The highest BCUT2D eigenvalue weighted by Crippen LogP contribution is 2.37. The summed E-state index contributed by atoms with van der Waals surface area (Å²) in [5.74, 6) is 1.22.